The van der Waals surface area contributed by atoms with E-state index in [1.807, 2.05) is 0 Å². The molecule has 0 unspecified atom stereocenters. The summed E-state index contributed by atoms with van der Waals surface area (Å²) in [6, 6.07) is 0. The first-order chi connectivity index (χ1) is 5.09. The van der Waals surface area contributed by atoms with Crippen molar-refractivity contribution in [2.75, 3.05) is 19.1 Å². The predicted molar refractivity (Wildman–Crippen MR) is 45.5 cm³/mol. The number of halogens is 1. The maximum atomic E-state index is 10.7. The van der Waals surface area contributed by atoms with Crippen LogP contribution in [0.15, 0.2) is 0 Å². The summed E-state index contributed by atoms with van der Waals surface area (Å²) in [6.07, 6.45) is 0. The van der Waals surface area contributed by atoms with Crippen LogP contribution in [0.1, 0.15) is 0 Å². The summed E-state index contributed by atoms with van der Waals surface area (Å²) in [4.78, 5) is 9.48. The van der Waals surface area contributed by atoms with Crippen molar-refractivity contribution >= 4 is 20.4 Å². The zero-order valence-corrected chi connectivity index (χ0v) is 8.47. The Balaban J connectivity index is 3.55. The van der Waals surface area contributed by atoms with Gasteiger partial charge in [0.15, 0.2) is 0 Å². The van der Waals surface area contributed by atoms with E-state index < -0.39 is 20.4 Å². The summed E-state index contributed by atoms with van der Waals surface area (Å²) >= 11 is -2.44. The zero-order chi connectivity index (χ0) is 8.85. The molecule has 0 spiro atoms. The van der Waals surface area contributed by atoms with E-state index in [9.17, 15) is 10.4 Å². The Hall–Kier alpha value is 0.450. The van der Waals surface area contributed by atoms with Crippen LogP contribution in [-0.4, -0.2) is 25.8 Å². The molecule has 0 fully saturated rings. The van der Waals surface area contributed by atoms with E-state index in [1.165, 1.54) is 19.1 Å². The van der Waals surface area contributed by atoms with Crippen molar-refractivity contribution in [2.24, 2.45) is 0 Å². The fraction of sp³-hybridized carbons (Fsp3) is 1.00. The molecule has 0 saturated carbocycles. The molecule has 0 rings (SSSR count). The van der Waals surface area contributed by atoms with Crippen LogP contribution in [0.4, 0.5) is 0 Å². The van der Waals surface area contributed by atoms with Crippen molar-refractivity contribution in [3.63, 3.8) is 0 Å². The Labute approximate surface area is 71.9 Å². The Kier molecular flexibility index (Phi) is 6.27. The molecule has 0 atom stereocenters. The van der Waals surface area contributed by atoms with Gasteiger partial charge < -0.3 is 0 Å². The summed E-state index contributed by atoms with van der Waals surface area (Å²) in [5.74, 6) is 0. The van der Waals surface area contributed by atoms with Gasteiger partial charge in [0.2, 0.25) is 0 Å². The molecule has 0 heterocycles. The molecule has 0 saturated heterocycles. The molecule has 8 heteroatoms. The van der Waals surface area contributed by atoms with E-state index in [2.05, 4.69) is 14.9 Å². The number of nitrogens with zero attached hydrogens (tertiary/aromatic N) is 2. The van der Waals surface area contributed by atoms with Gasteiger partial charge in [-0.1, -0.05) is 0 Å². The second-order valence-corrected chi connectivity index (χ2v) is 5.86. The van der Waals surface area contributed by atoms with Crippen LogP contribution < -0.4 is 0 Å². The van der Waals surface area contributed by atoms with Crippen LogP contribution in [0.2, 0.25) is 0 Å². The first-order valence-electron chi connectivity index (χ1n) is 2.45. The predicted octanol–water partition coefficient (Wildman–Crippen LogP) is 0.607. The van der Waals surface area contributed by atoms with Crippen molar-refractivity contribution in [2.45, 2.75) is 0 Å². The second-order valence-electron chi connectivity index (χ2n) is 1.36. The van der Waals surface area contributed by atoms with E-state index in [4.69, 9.17) is 0 Å². The van der Waals surface area contributed by atoms with Gasteiger partial charge in [0, 0.05) is 0 Å². The molecule has 0 aromatic carbocycles. The average molecular weight is 280 g/mol. The van der Waals surface area contributed by atoms with E-state index in [-0.39, 0.29) is 3.44 Å². The molecule has 0 aromatic rings. The van der Waals surface area contributed by atoms with E-state index in [0.717, 1.165) is 0 Å². The maximum absolute atomic E-state index is 10.7. The summed E-state index contributed by atoms with van der Waals surface area (Å²) < 4.78 is 0.691. The van der Waals surface area contributed by atoms with Crippen LogP contribution in [0.5, 0.6) is 0 Å². The standard InChI is InChI=1S/C3H9IN2O5/c1-4(5(2)7)6(8)10-11-9-3/h1-3H3/q-2. The minimum atomic E-state index is -2.44. The molecule has 0 aromatic heterocycles. The van der Waals surface area contributed by atoms with Crippen LogP contribution in [0, 0.1) is 10.4 Å². The number of hydroxylamine groups is 1. The zero-order valence-electron chi connectivity index (χ0n) is 6.31. The fourth-order valence-corrected chi connectivity index (χ4v) is 0.977. The number of alkyl halides is 1. The Morgan fingerprint density at radius 3 is 2.27 bits per heavy atom. The van der Waals surface area contributed by atoms with Gasteiger partial charge in [-0.15, -0.1) is 0 Å². The van der Waals surface area contributed by atoms with Crippen molar-refractivity contribution in [3.8, 4) is 0 Å². The van der Waals surface area contributed by atoms with E-state index in [0.29, 0.717) is 3.28 Å². The monoisotopic (exact) mass is 280 g/mol. The van der Waals surface area contributed by atoms with E-state index in [1.54, 1.807) is 0 Å². The third-order valence-electron chi connectivity index (χ3n) is 0.701. The number of hydrogen-bond acceptors (Lipinski definition) is 7. The molecular formula is C3H9IN2O5-2. The van der Waals surface area contributed by atoms with Crippen molar-refractivity contribution in [1.29, 1.82) is 0 Å². The SMILES string of the molecule is COOON([O-])I(C)N(C)[O-]. The fourth-order valence-electron chi connectivity index (χ4n) is 0.182. The first kappa shape index (κ1) is 11.4. The van der Waals surface area contributed by atoms with Gasteiger partial charge in [-0.05, 0) is 0 Å². The van der Waals surface area contributed by atoms with Crippen molar-refractivity contribution in [3.05, 3.63) is 10.4 Å². The second kappa shape index (κ2) is 6.02. The van der Waals surface area contributed by atoms with Crippen LogP contribution in [0.25, 0.3) is 0 Å². The molecule has 0 bridgehead atoms. The molecule has 0 N–H and O–H groups in total. The quantitative estimate of drug-likeness (QED) is 0.240. The molecule has 0 aliphatic heterocycles. The average Bonchev–Trinajstić information content (AvgIpc) is 1.98. The third kappa shape index (κ3) is 4.81. The summed E-state index contributed by atoms with van der Waals surface area (Å²) in [7, 11) is 2.44. The molecule has 0 aliphatic rings. The van der Waals surface area contributed by atoms with Gasteiger partial charge in [-0.25, -0.2) is 0 Å². The van der Waals surface area contributed by atoms with E-state index >= 15 is 0 Å². The van der Waals surface area contributed by atoms with Gasteiger partial charge >= 0.3 is 71.5 Å². The molecule has 70 valence electrons. The number of rotatable bonds is 5. The van der Waals surface area contributed by atoms with Crippen LogP contribution >= 0.6 is 20.4 Å². The minimum absolute atomic E-state index is 0.125. The molecule has 7 nitrogen and oxygen atoms in total. The van der Waals surface area contributed by atoms with Crippen molar-refractivity contribution in [1.82, 2.24) is 6.72 Å². The normalized spacial score (nSPS) is 12.8. The summed E-state index contributed by atoms with van der Waals surface area (Å²) in [5.41, 5.74) is 0. The summed E-state index contributed by atoms with van der Waals surface area (Å²) in [5, 5.41) is 25.0. The Morgan fingerprint density at radius 1 is 1.36 bits per heavy atom. The van der Waals surface area contributed by atoms with Gasteiger partial charge in [0.25, 0.3) is 0 Å². The Morgan fingerprint density at radius 2 is 1.91 bits per heavy atom. The van der Waals surface area contributed by atoms with Gasteiger partial charge in [0.1, 0.15) is 0 Å². The van der Waals surface area contributed by atoms with Crippen LogP contribution in [-0.2, 0) is 14.9 Å². The molecular weight excluding hydrogens is 271 g/mol. The number of hydrogen-bond donors (Lipinski definition) is 0. The topological polar surface area (TPSA) is 80.3 Å². The van der Waals surface area contributed by atoms with Crippen LogP contribution in [0.3, 0.4) is 0 Å². The van der Waals surface area contributed by atoms with Gasteiger partial charge in [0.05, 0.1) is 0 Å². The van der Waals surface area contributed by atoms with Gasteiger partial charge in [-0.2, -0.15) is 0 Å². The summed E-state index contributed by atoms with van der Waals surface area (Å²) in [6.45, 7) is 0. The first-order valence-corrected chi connectivity index (χ1v) is 6.54. The molecule has 11 heavy (non-hydrogen) atoms. The molecule has 0 radical (unpaired) electrons. The Bertz CT molecular complexity index is 104. The third-order valence-corrected chi connectivity index (χ3v) is 3.97. The molecule has 0 aliphatic carbocycles. The molecule has 0 amide bonds. The van der Waals surface area contributed by atoms with Gasteiger partial charge in [-0.3, -0.25) is 0 Å². The van der Waals surface area contributed by atoms with Crippen molar-refractivity contribution < 1.29 is 14.9 Å².